The molecule has 1 atom stereocenters. The minimum absolute atomic E-state index is 0.0716. The van der Waals surface area contributed by atoms with E-state index in [0.717, 1.165) is 6.26 Å². The van der Waals surface area contributed by atoms with E-state index in [1.54, 1.807) is 19.1 Å². The second kappa shape index (κ2) is 4.36. The summed E-state index contributed by atoms with van der Waals surface area (Å²) in [5.41, 5.74) is -0.645. The summed E-state index contributed by atoms with van der Waals surface area (Å²) in [5, 5.41) is 2.59. The largest absolute Gasteiger partial charge is 0.324 e. The molecule has 1 aliphatic rings. The van der Waals surface area contributed by atoms with Crippen molar-refractivity contribution in [3.8, 4) is 0 Å². The van der Waals surface area contributed by atoms with Gasteiger partial charge in [0.1, 0.15) is 4.33 Å². The van der Waals surface area contributed by atoms with Crippen LogP contribution in [0.15, 0.2) is 29.2 Å². The number of sulfone groups is 1. The van der Waals surface area contributed by atoms with Gasteiger partial charge in [-0.2, -0.15) is 0 Å². The average molecular weight is 322 g/mol. The highest BCUT2D eigenvalue weighted by Gasteiger charge is 2.67. The summed E-state index contributed by atoms with van der Waals surface area (Å²) < 4.78 is 22.2. The Morgan fingerprint density at radius 2 is 1.84 bits per heavy atom. The van der Waals surface area contributed by atoms with Gasteiger partial charge in [0.2, 0.25) is 5.91 Å². The molecule has 1 saturated carbocycles. The molecule has 0 heterocycles. The maximum Gasteiger partial charge on any atom is 0.233 e. The van der Waals surface area contributed by atoms with Gasteiger partial charge in [-0.3, -0.25) is 4.79 Å². The van der Waals surface area contributed by atoms with Gasteiger partial charge in [-0.1, -0.05) is 12.1 Å². The van der Waals surface area contributed by atoms with Gasteiger partial charge in [0.15, 0.2) is 9.84 Å². The van der Waals surface area contributed by atoms with Crippen molar-refractivity contribution in [1.29, 1.82) is 0 Å². The number of para-hydroxylation sites is 1. The van der Waals surface area contributed by atoms with Gasteiger partial charge in [-0.15, -0.1) is 23.2 Å². The molecule has 0 aliphatic heterocycles. The van der Waals surface area contributed by atoms with Gasteiger partial charge in [0.05, 0.1) is 16.0 Å². The van der Waals surface area contributed by atoms with Crippen LogP contribution in [0.4, 0.5) is 5.69 Å². The van der Waals surface area contributed by atoms with Crippen molar-refractivity contribution in [1.82, 2.24) is 0 Å². The summed E-state index contributed by atoms with van der Waals surface area (Å²) in [7, 11) is -3.41. The first kappa shape index (κ1) is 14.6. The maximum absolute atomic E-state index is 12.1. The fourth-order valence-corrected chi connectivity index (χ4v) is 3.35. The number of carbonyl (C=O) groups is 1. The standard InChI is InChI=1S/C12H13Cl2NO3S/c1-11(7-12(11,13)14)10(16)15-8-5-3-4-6-9(8)19(2,17)18/h3-6H,7H2,1-2H3,(H,15,16). The topological polar surface area (TPSA) is 63.2 Å². The number of halogens is 2. The van der Waals surface area contributed by atoms with E-state index >= 15 is 0 Å². The Hall–Kier alpha value is -0.780. The molecule has 1 aromatic carbocycles. The van der Waals surface area contributed by atoms with Crippen molar-refractivity contribution < 1.29 is 13.2 Å². The van der Waals surface area contributed by atoms with Crippen molar-refractivity contribution in [3.63, 3.8) is 0 Å². The SMILES string of the molecule is CC1(C(=O)Nc2ccccc2S(C)(=O)=O)CC1(Cl)Cl. The second-order valence-corrected chi connectivity index (χ2v) is 8.40. The number of benzene rings is 1. The Morgan fingerprint density at radius 3 is 2.32 bits per heavy atom. The zero-order valence-electron chi connectivity index (χ0n) is 10.4. The first-order valence-corrected chi connectivity index (χ1v) is 8.21. The monoisotopic (exact) mass is 321 g/mol. The number of rotatable bonds is 3. The van der Waals surface area contributed by atoms with Crippen LogP contribution >= 0.6 is 23.2 Å². The van der Waals surface area contributed by atoms with Gasteiger partial charge >= 0.3 is 0 Å². The molecule has 1 aromatic rings. The van der Waals surface area contributed by atoms with Gasteiger partial charge in [-0.05, 0) is 25.5 Å². The van der Waals surface area contributed by atoms with Crippen molar-refractivity contribution in [2.24, 2.45) is 5.41 Å². The number of anilines is 1. The number of alkyl halides is 2. The van der Waals surface area contributed by atoms with Crippen LogP contribution < -0.4 is 5.32 Å². The lowest BCUT2D eigenvalue weighted by atomic mass is 10.1. The van der Waals surface area contributed by atoms with E-state index < -0.39 is 19.6 Å². The Labute approximate surface area is 122 Å². The molecule has 2 rings (SSSR count). The van der Waals surface area contributed by atoms with E-state index in [1.165, 1.54) is 12.1 Å². The Balaban J connectivity index is 2.29. The van der Waals surface area contributed by atoms with Crippen molar-refractivity contribution >= 4 is 44.6 Å². The molecule has 104 valence electrons. The van der Waals surface area contributed by atoms with Gasteiger partial charge in [0, 0.05) is 6.26 Å². The Kier molecular flexibility index (Phi) is 3.36. The number of hydrogen-bond acceptors (Lipinski definition) is 3. The van der Waals surface area contributed by atoms with Crippen molar-refractivity contribution in [3.05, 3.63) is 24.3 Å². The molecule has 1 fully saturated rings. The van der Waals surface area contributed by atoms with E-state index in [9.17, 15) is 13.2 Å². The Bertz CT molecular complexity index is 642. The van der Waals surface area contributed by atoms with Crippen LogP contribution in [0.1, 0.15) is 13.3 Å². The van der Waals surface area contributed by atoms with Crippen LogP contribution in [-0.4, -0.2) is 24.9 Å². The molecule has 1 amide bonds. The van der Waals surface area contributed by atoms with E-state index in [0.29, 0.717) is 6.42 Å². The third kappa shape index (κ3) is 2.59. The first-order chi connectivity index (χ1) is 8.58. The van der Waals surface area contributed by atoms with Gasteiger partial charge in [-0.25, -0.2) is 8.42 Å². The number of amides is 1. The van der Waals surface area contributed by atoms with E-state index in [1.807, 2.05) is 0 Å². The molecule has 1 aliphatic carbocycles. The molecule has 7 heteroatoms. The lowest BCUT2D eigenvalue weighted by Crippen LogP contribution is -2.26. The zero-order valence-corrected chi connectivity index (χ0v) is 12.7. The molecule has 4 nitrogen and oxygen atoms in total. The molecule has 0 radical (unpaired) electrons. The summed E-state index contributed by atoms with van der Waals surface area (Å²) >= 11 is 11.9. The predicted molar refractivity (Wildman–Crippen MR) is 75.3 cm³/mol. The zero-order chi connectivity index (χ0) is 14.5. The fourth-order valence-electron chi connectivity index (χ4n) is 1.80. The molecule has 19 heavy (non-hydrogen) atoms. The molecule has 0 saturated heterocycles. The number of carbonyl (C=O) groups excluding carboxylic acids is 1. The molecule has 1 N–H and O–H groups in total. The third-order valence-electron chi connectivity index (χ3n) is 3.29. The van der Waals surface area contributed by atoms with Crippen LogP contribution in [0.3, 0.4) is 0 Å². The van der Waals surface area contributed by atoms with Gasteiger partial charge < -0.3 is 5.32 Å². The first-order valence-electron chi connectivity index (χ1n) is 5.56. The Morgan fingerprint density at radius 1 is 1.32 bits per heavy atom. The van der Waals surface area contributed by atoms with Crippen LogP contribution in [0.25, 0.3) is 0 Å². The summed E-state index contributed by atoms with van der Waals surface area (Å²) in [4.78, 5) is 12.2. The van der Waals surface area contributed by atoms with E-state index in [4.69, 9.17) is 23.2 Å². The molecule has 0 bridgehead atoms. The molecule has 0 spiro atoms. The maximum atomic E-state index is 12.1. The van der Waals surface area contributed by atoms with Crippen LogP contribution in [0, 0.1) is 5.41 Å². The minimum Gasteiger partial charge on any atom is -0.324 e. The normalized spacial score (nSPS) is 24.8. The number of nitrogens with one attached hydrogen (secondary N) is 1. The highest BCUT2D eigenvalue weighted by molar-refractivity contribution is 7.90. The van der Waals surface area contributed by atoms with Crippen molar-refractivity contribution in [2.45, 2.75) is 22.6 Å². The minimum atomic E-state index is -3.41. The lowest BCUT2D eigenvalue weighted by molar-refractivity contribution is -0.120. The molecular weight excluding hydrogens is 309 g/mol. The van der Waals surface area contributed by atoms with Crippen LogP contribution in [0.2, 0.25) is 0 Å². The highest BCUT2D eigenvalue weighted by Crippen LogP contribution is 2.64. The molecular formula is C12H13Cl2NO3S. The second-order valence-electron chi connectivity index (χ2n) is 4.94. The average Bonchev–Trinajstić information content (AvgIpc) is 2.79. The molecule has 1 unspecified atom stereocenters. The van der Waals surface area contributed by atoms with E-state index in [-0.39, 0.29) is 16.5 Å². The highest BCUT2D eigenvalue weighted by atomic mass is 35.5. The quantitative estimate of drug-likeness (QED) is 0.870. The summed E-state index contributed by atoms with van der Waals surface area (Å²) in [6.07, 6.45) is 1.43. The summed E-state index contributed by atoms with van der Waals surface area (Å²) in [6.45, 7) is 1.64. The van der Waals surface area contributed by atoms with Crippen molar-refractivity contribution in [2.75, 3.05) is 11.6 Å². The molecule has 0 aromatic heterocycles. The number of hydrogen-bond donors (Lipinski definition) is 1. The third-order valence-corrected chi connectivity index (χ3v) is 5.55. The van der Waals surface area contributed by atoms with Gasteiger partial charge in [0.25, 0.3) is 0 Å². The van der Waals surface area contributed by atoms with E-state index in [2.05, 4.69) is 5.32 Å². The van der Waals surface area contributed by atoms with Crippen LogP contribution in [0.5, 0.6) is 0 Å². The lowest BCUT2D eigenvalue weighted by Gasteiger charge is -2.14. The summed E-state index contributed by atoms with van der Waals surface area (Å²) in [5.74, 6) is -0.381. The van der Waals surface area contributed by atoms with Crippen LogP contribution in [-0.2, 0) is 14.6 Å². The smallest absolute Gasteiger partial charge is 0.233 e. The summed E-state index contributed by atoms with van der Waals surface area (Å²) in [6, 6.07) is 6.21. The fraction of sp³-hybridized carbons (Fsp3) is 0.417. The predicted octanol–water partition coefficient (Wildman–Crippen LogP) is 2.61.